The highest BCUT2D eigenvalue weighted by atomic mass is 19.3. The zero-order chi connectivity index (χ0) is 16.6. The van der Waals surface area contributed by atoms with Crippen LogP contribution in [0.4, 0.5) is 26.3 Å². The van der Waals surface area contributed by atoms with Gasteiger partial charge in [0, 0.05) is 0 Å². The molecule has 0 aromatic rings. The molecule has 0 rings (SSSR count). The third-order valence-corrected chi connectivity index (χ3v) is 2.20. The van der Waals surface area contributed by atoms with Crippen molar-refractivity contribution < 1.29 is 35.8 Å². The van der Waals surface area contributed by atoms with E-state index in [1.54, 1.807) is 0 Å². The highest BCUT2D eigenvalue weighted by Gasteiger charge is 2.71. The van der Waals surface area contributed by atoms with Gasteiger partial charge >= 0.3 is 17.8 Å². The van der Waals surface area contributed by atoms with Gasteiger partial charge in [-0.15, -0.1) is 0 Å². The maximum atomic E-state index is 13.2. The van der Waals surface area contributed by atoms with Gasteiger partial charge in [-0.05, 0) is 0 Å². The molecule has 10 heteroatoms. The Labute approximate surface area is 116 Å². The monoisotopic (exact) mass is 318 g/mol. The van der Waals surface area contributed by atoms with Gasteiger partial charge in [-0.3, -0.25) is 0 Å². The van der Waals surface area contributed by atoms with Crippen molar-refractivity contribution >= 4 is 0 Å². The van der Waals surface area contributed by atoms with E-state index in [-0.39, 0.29) is 12.8 Å². The normalized spacial score (nSPS) is 12.8. The topological polar surface area (TPSA) is 66.0 Å². The van der Waals surface area contributed by atoms with Gasteiger partial charge < -0.3 is 9.47 Å². The van der Waals surface area contributed by atoms with Crippen LogP contribution in [0.5, 0.6) is 0 Å². The second-order valence-corrected chi connectivity index (χ2v) is 3.90. The molecule has 0 aliphatic heterocycles. The molecule has 0 aliphatic rings. The molecule has 0 N–H and O–H groups in total. The number of rotatable bonds is 10. The lowest BCUT2D eigenvalue weighted by Crippen LogP contribution is -2.58. The van der Waals surface area contributed by atoms with Crippen LogP contribution in [0.3, 0.4) is 0 Å². The van der Waals surface area contributed by atoms with Crippen LogP contribution in [0.25, 0.3) is 0 Å². The quantitative estimate of drug-likeness (QED) is 0.459. The average molecular weight is 318 g/mol. The van der Waals surface area contributed by atoms with Crippen LogP contribution >= 0.6 is 0 Å². The summed E-state index contributed by atoms with van der Waals surface area (Å²) in [5.41, 5.74) is 0. The van der Waals surface area contributed by atoms with Crippen LogP contribution < -0.4 is 0 Å². The summed E-state index contributed by atoms with van der Waals surface area (Å²) < 4.78 is 87.2. The van der Waals surface area contributed by atoms with Gasteiger partial charge in [0.1, 0.15) is 13.2 Å². The first-order valence-electron chi connectivity index (χ1n) is 5.65. The van der Waals surface area contributed by atoms with Gasteiger partial charge in [-0.25, -0.2) is 0 Å². The van der Waals surface area contributed by atoms with Crippen LogP contribution in [-0.2, 0) is 9.47 Å². The molecular weight excluding hydrogens is 306 g/mol. The Balaban J connectivity index is 4.65. The predicted molar refractivity (Wildman–Crippen MR) is 56.9 cm³/mol. The van der Waals surface area contributed by atoms with E-state index in [4.69, 9.17) is 10.5 Å². The Morgan fingerprint density at radius 3 is 1.33 bits per heavy atom. The Kier molecular flexibility index (Phi) is 7.47. The molecule has 0 fully saturated rings. The van der Waals surface area contributed by atoms with E-state index >= 15 is 0 Å². The highest BCUT2D eigenvalue weighted by Crippen LogP contribution is 2.45. The standard InChI is InChI=1S/C11H12F6N2O2/c12-9(13,7-20-5-1-3-18)11(16,17)10(14,15)8-21-6-2-4-19/h1-2,5-8H2. The minimum atomic E-state index is -5.70. The maximum absolute atomic E-state index is 13.2. The third-order valence-electron chi connectivity index (χ3n) is 2.20. The number of alkyl halides is 6. The first-order chi connectivity index (χ1) is 9.62. The van der Waals surface area contributed by atoms with E-state index in [0.717, 1.165) is 0 Å². The molecule has 4 nitrogen and oxygen atoms in total. The molecule has 0 atom stereocenters. The first kappa shape index (κ1) is 19.5. The second kappa shape index (κ2) is 8.05. The third kappa shape index (κ3) is 5.40. The van der Waals surface area contributed by atoms with E-state index in [1.807, 2.05) is 0 Å². The minimum Gasteiger partial charge on any atom is -0.374 e. The molecule has 0 radical (unpaired) electrons. The molecule has 0 saturated heterocycles. The molecule has 0 amide bonds. The zero-order valence-electron chi connectivity index (χ0n) is 10.7. The Morgan fingerprint density at radius 1 is 0.714 bits per heavy atom. The number of halogens is 6. The summed E-state index contributed by atoms with van der Waals surface area (Å²) in [6.07, 6.45) is -0.676. The van der Waals surface area contributed by atoms with E-state index in [1.165, 1.54) is 12.1 Å². The number of nitriles is 2. The van der Waals surface area contributed by atoms with Crippen molar-refractivity contribution in [2.24, 2.45) is 0 Å². The van der Waals surface area contributed by atoms with E-state index in [9.17, 15) is 26.3 Å². The lowest BCUT2D eigenvalue weighted by Gasteiger charge is -2.32. The molecule has 0 aromatic carbocycles. The fourth-order valence-corrected chi connectivity index (χ4v) is 1.09. The fraction of sp³-hybridized carbons (Fsp3) is 0.818. The predicted octanol–water partition coefficient (Wildman–Crippen LogP) is 2.75. The van der Waals surface area contributed by atoms with Crippen molar-refractivity contribution in [2.45, 2.75) is 30.6 Å². The summed E-state index contributed by atoms with van der Waals surface area (Å²) in [5.74, 6) is -16.0. The van der Waals surface area contributed by atoms with Crippen molar-refractivity contribution in [2.75, 3.05) is 26.4 Å². The summed E-state index contributed by atoms with van der Waals surface area (Å²) in [6.45, 7) is -5.05. The number of ether oxygens (including phenoxy) is 2. The van der Waals surface area contributed by atoms with Crippen molar-refractivity contribution in [3.63, 3.8) is 0 Å². The van der Waals surface area contributed by atoms with Crippen molar-refractivity contribution in [3.8, 4) is 12.1 Å². The minimum absolute atomic E-state index is 0.338. The summed E-state index contributed by atoms with van der Waals surface area (Å²) >= 11 is 0. The van der Waals surface area contributed by atoms with Gasteiger partial charge in [0.2, 0.25) is 0 Å². The Hall–Kier alpha value is -1.52. The summed E-state index contributed by atoms with van der Waals surface area (Å²) in [7, 11) is 0. The highest BCUT2D eigenvalue weighted by molar-refractivity contribution is 4.96. The van der Waals surface area contributed by atoms with Crippen LogP contribution in [-0.4, -0.2) is 44.2 Å². The molecule has 0 heterocycles. The largest absolute Gasteiger partial charge is 0.376 e. The van der Waals surface area contributed by atoms with Gasteiger partial charge in [0.05, 0.1) is 38.2 Å². The van der Waals surface area contributed by atoms with Gasteiger partial charge in [-0.1, -0.05) is 0 Å². The van der Waals surface area contributed by atoms with Gasteiger partial charge in [-0.2, -0.15) is 36.9 Å². The van der Waals surface area contributed by atoms with Gasteiger partial charge in [0.25, 0.3) is 0 Å². The van der Waals surface area contributed by atoms with E-state index in [0.29, 0.717) is 0 Å². The SMILES string of the molecule is N#CCCOCC(F)(F)C(F)(F)C(F)(F)COCCC#N. The molecule has 0 spiro atoms. The molecule has 0 aliphatic carbocycles. The summed E-state index contributed by atoms with van der Waals surface area (Å²) in [5, 5.41) is 16.2. The van der Waals surface area contributed by atoms with E-state index in [2.05, 4.69) is 9.47 Å². The first-order valence-corrected chi connectivity index (χ1v) is 5.65. The zero-order valence-corrected chi connectivity index (χ0v) is 10.7. The molecule has 21 heavy (non-hydrogen) atoms. The smallest absolute Gasteiger partial charge is 0.374 e. The molecular formula is C11H12F6N2O2. The van der Waals surface area contributed by atoms with Gasteiger partial charge in [0.15, 0.2) is 0 Å². The average Bonchev–Trinajstić information content (AvgIpc) is 2.39. The summed E-state index contributed by atoms with van der Waals surface area (Å²) in [6, 6.07) is 3.02. The fourth-order valence-electron chi connectivity index (χ4n) is 1.09. The van der Waals surface area contributed by atoms with Crippen LogP contribution in [0, 0.1) is 22.7 Å². The molecule has 0 bridgehead atoms. The van der Waals surface area contributed by atoms with Crippen molar-refractivity contribution in [1.29, 1.82) is 10.5 Å². The summed E-state index contributed by atoms with van der Waals surface area (Å²) in [4.78, 5) is 0. The van der Waals surface area contributed by atoms with Crippen LogP contribution in [0.2, 0.25) is 0 Å². The molecule has 0 saturated carbocycles. The lowest BCUT2D eigenvalue weighted by atomic mass is 10.1. The number of nitrogens with zero attached hydrogens (tertiary/aromatic N) is 2. The Morgan fingerprint density at radius 2 is 1.05 bits per heavy atom. The lowest BCUT2D eigenvalue weighted by molar-refractivity contribution is -0.328. The second-order valence-electron chi connectivity index (χ2n) is 3.90. The molecule has 0 aromatic heterocycles. The molecule has 0 unspecified atom stereocenters. The molecule has 120 valence electrons. The van der Waals surface area contributed by atoms with Crippen LogP contribution in [0.1, 0.15) is 12.8 Å². The maximum Gasteiger partial charge on any atom is 0.376 e. The van der Waals surface area contributed by atoms with Crippen LogP contribution in [0.15, 0.2) is 0 Å². The number of hydrogen-bond donors (Lipinski definition) is 0. The van der Waals surface area contributed by atoms with Crippen molar-refractivity contribution in [3.05, 3.63) is 0 Å². The Bertz CT molecular complexity index is 366. The van der Waals surface area contributed by atoms with E-state index < -0.39 is 44.2 Å². The van der Waals surface area contributed by atoms with Crippen molar-refractivity contribution in [1.82, 2.24) is 0 Å². The number of hydrogen-bond acceptors (Lipinski definition) is 4.